The molecular formula is C15H18N3OS+. The standard InChI is InChI=1S/C15H17N3OS/c1-10(11-5-3-2-4-6-11)18-8-7-13-12(9-18)14(19)17-15(20)16-13/h2-6,10H,7-9H2,1H3,(H2,16,17,19,20)/p+1/t10-/m1/s1. The Morgan fingerprint density at radius 3 is 2.75 bits per heavy atom. The van der Waals surface area contributed by atoms with Crippen LogP contribution in [-0.4, -0.2) is 16.5 Å². The monoisotopic (exact) mass is 288 g/mol. The summed E-state index contributed by atoms with van der Waals surface area (Å²) < 4.78 is 0.424. The summed E-state index contributed by atoms with van der Waals surface area (Å²) in [6, 6.07) is 10.8. The number of fused-ring (bicyclic) bond motifs is 1. The normalized spacial score (nSPS) is 19.4. The first-order valence-electron chi connectivity index (χ1n) is 6.89. The molecule has 20 heavy (non-hydrogen) atoms. The molecule has 0 amide bonds. The molecule has 104 valence electrons. The number of benzene rings is 1. The lowest BCUT2D eigenvalue weighted by molar-refractivity contribution is -0.945. The molecule has 0 saturated carbocycles. The summed E-state index contributed by atoms with van der Waals surface area (Å²) in [5.74, 6) is 0. The largest absolute Gasteiger partial charge is 0.335 e. The molecule has 3 N–H and O–H groups in total. The molecule has 0 fully saturated rings. The average Bonchev–Trinajstić information content (AvgIpc) is 2.47. The number of H-pyrrole nitrogens is 2. The Labute approximate surface area is 122 Å². The third kappa shape index (κ3) is 2.46. The van der Waals surface area contributed by atoms with Crippen LogP contribution in [0.1, 0.15) is 29.8 Å². The van der Waals surface area contributed by atoms with E-state index in [0.29, 0.717) is 10.8 Å². The van der Waals surface area contributed by atoms with Crippen LogP contribution in [0.4, 0.5) is 0 Å². The fourth-order valence-corrected chi connectivity index (χ4v) is 3.12. The van der Waals surface area contributed by atoms with Gasteiger partial charge in [0.2, 0.25) is 0 Å². The van der Waals surface area contributed by atoms with Gasteiger partial charge >= 0.3 is 0 Å². The average molecular weight is 288 g/mol. The Bertz CT molecular complexity index is 720. The Morgan fingerprint density at radius 2 is 2.00 bits per heavy atom. The highest BCUT2D eigenvalue weighted by Gasteiger charge is 2.27. The number of quaternary nitrogens is 1. The molecule has 0 saturated heterocycles. The lowest BCUT2D eigenvalue weighted by Crippen LogP contribution is -3.11. The van der Waals surface area contributed by atoms with Crippen LogP contribution in [0.3, 0.4) is 0 Å². The van der Waals surface area contributed by atoms with Crippen LogP contribution in [0, 0.1) is 4.77 Å². The molecule has 2 heterocycles. The first-order chi connectivity index (χ1) is 9.65. The first kappa shape index (κ1) is 13.3. The zero-order valence-corrected chi connectivity index (χ0v) is 12.2. The molecule has 0 bridgehead atoms. The van der Waals surface area contributed by atoms with Crippen molar-refractivity contribution in [1.82, 2.24) is 9.97 Å². The molecule has 0 aliphatic carbocycles. The Hall–Kier alpha value is -1.72. The van der Waals surface area contributed by atoms with Crippen LogP contribution >= 0.6 is 12.2 Å². The second kappa shape index (κ2) is 5.34. The second-order valence-corrected chi connectivity index (χ2v) is 5.74. The van der Waals surface area contributed by atoms with Crippen LogP contribution in [0.15, 0.2) is 35.1 Å². The summed E-state index contributed by atoms with van der Waals surface area (Å²) in [5, 5.41) is 0. The van der Waals surface area contributed by atoms with Crippen LogP contribution in [0.5, 0.6) is 0 Å². The van der Waals surface area contributed by atoms with Crippen molar-refractivity contribution in [3.05, 3.63) is 62.3 Å². The van der Waals surface area contributed by atoms with Crippen molar-refractivity contribution >= 4 is 12.2 Å². The number of nitrogens with one attached hydrogen (secondary N) is 3. The van der Waals surface area contributed by atoms with Crippen molar-refractivity contribution in [2.75, 3.05) is 6.54 Å². The van der Waals surface area contributed by atoms with Gasteiger partial charge in [0.25, 0.3) is 5.56 Å². The van der Waals surface area contributed by atoms with Gasteiger partial charge in [-0.15, -0.1) is 0 Å². The van der Waals surface area contributed by atoms with Gasteiger partial charge in [-0.05, 0) is 19.1 Å². The van der Waals surface area contributed by atoms with Crippen LogP contribution in [0.25, 0.3) is 0 Å². The van der Waals surface area contributed by atoms with Crippen LogP contribution in [0.2, 0.25) is 0 Å². The van der Waals surface area contributed by atoms with Crippen molar-refractivity contribution in [2.45, 2.75) is 25.9 Å². The fraction of sp³-hybridized carbons (Fsp3) is 0.333. The molecule has 4 nitrogen and oxygen atoms in total. The lowest BCUT2D eigenvalue weighted by Gasteiger charge is -2.30. The third-order valence-corrected chi connectivity index (χ3v) is 4.35. The second-order valence-electron chi connectivity index (χ2n) is 5.33. The number of hydrogen-bond donors (Lipinski definition) is 3. The molecule has 5 heteroatoms. The van der Waals surface area contributed by atoms with Gasteiger partial charge < -0.3 is 9.88 Å². The minimum atomic E-state index is -0.0405. The SMILES string of the molecule is C[C@H](c1ccccc1)[NH+]1CCc2[nH]c(=S)[nH]c(=O)c2C1. The molecule has 3 rings (SSSR count). The van der Waals surface area contributed by atoms with E-state index in [2.05, 4.69) is 41.2 Å². The highest BCUT2D eigenvalue weighted by Crippen LogP contribution is 2.11. The highest BCUT2D eigenvalue weighted by atomic mass is 32.1. The molecule has 1 aliphatic rings. The van der Waals surface area contributed by atoms with Crippen molar-refractivity contribution in [3.8, 4) is 0 Å². The summed E-state index contributed by atoms with van der Waals surface area (Å²) in [7, 11) is 0. The highest BCUT2D eigenvalue weighted by molar-refractivity contribution is 7.71. The van der Waals surface area contributed by atoms with E-state index in [4.69, 9.17) is 12.2 Å². The topological polar surface area (TPSA) is 53.1 Å². The van der Waals surface area contributed by atoms with E-state index in [9.17, 15) is 4.79 Å². The van der Waals surface area contributed by atoms with Gasteiger partial charge in [-0.2, -0.15) is 0 Å². The van der Waals surface area contributed by atoms with Gasteiger partial charge in [-0.25, -0.2) is 0 Å². The van der Waals surface area contributed by atoms with E-state index < -0.39 is 0 Å². The zero-order valence-electron chi connectivity index (χ0n) is 11.4. The van der Waals surface area contributed by atoms with Gasteiger partial charge in [-0.1, -0.05) is 30.3 Å². The Balaban J connectivity index is 1.89. The van der Waals surface area contributed by atoms with Gasteiger partial charge in [-0.3, -0.25) is 9.78 Å². The van der Waals surface area contributed by atoms with E-state index in [1.165, 1.54) is 10.5 Å². The Morgan fingerprint density at radius 1 is 1.25 bits per heavy atom. The Kier molecular flexibility index (Phi) is 3.54. The fourth-order valence-electron chi connectivity index (χ4n) is 2.91. The molecule has 1 aliphatic heterocycles. The van der Waals surface area contributed by atoms with Gasteiger partial charge in [0.05, 0.1) is 12.1 Å². The molecule has 1 aromatic carbocycles. The summed E-state index contributed by atoms with van der Waals surface area (Å²) in [4.78, 5) is 19.3. The van der Waals surface area contributed by atoms with E-state index in [1.54, 1.807) is 0 Å². The molecule has 0 spiro atoms. The van der Waals surface area contributed by atoms with Crippen LogP contribution in [-0.2, 0) is 13.0 Å². The number of aromatic amines is 2. The number of rotatable bonds is 2. The molecular weight excluding hydrogens is 270 g/mol. The van der Waals surface area contributed by atoms with Crippen molar-refractivity contribution in [2.24, 2.45) is 0 Å². The van der Waals surface area contributed by atoms with Crippen LogP contribution < -0.4 is 10.5 Å². The summed E-state index contributed by atoms with van der Waals surface area (Å²) in [5.41, 5.74) is 3.12. The predicted molar refractivity (Wildman–Crippen MR) is 80.3 cm³/mol. The first-order valence-corrected chi connectivity index (χ1v) is 7.30. The smallest absolute Gasteiger partial charge is 0.260 e. The van der Waals surface area contributed by atoms with Gasteiger partial charge in [0.1, 0.15) is 12.6 Å². The summed E-state index contributed by atoms with van der Waals surface area (Å²) in [6.07, 6.45) is 0.870. The molecule has 1 unspecified atom stereocenters. The maximum atomic E-state index is 12.0. The van der Waals surface area contributed by atoms with E-state index in [-0.39, 0.29) is 5.56 Å². The maximum absolute atomic E-state index is 12.0. The zero-order chi connectivity index (χ0) is 14.1. The van der Waals surface area contributed by atoms with Crippen molar-refractivity contribution < 1.29 is 4.90 Å². The predicted octanol–water partition coefficient (Wildman–Crippen LogP) is 1.13. The van der Waals surface area contributed by atoms with Gasteiger partial charge in [0.15, 0.2) is 4.77 Å². The maximum Gasteiger partial charge on any atom is 0.260 e. The van der Waals surface area contributed by atoms with E-state index in [1.807, 2.05) is 6.07 Å². The lowest BCUT2D eigenvalue weighted by atomic mass is 10.0. The number of hydrogen-bond acceptors (Lipinski definition) is 2. The minimum absolute atomic E-state index is 0.0405. The molecule has 1 aromatic heterocycles. The quantitative estimate of drug-likeness (QED) is 0.726. The molecule has 2 atom stereocenters. The molecule has 2 aromatic rings. The molecule has 0 radical (unpaired) electrons. The summed E-state index contributed by atoms with van der Waals surface area (Å²) in [6.45, 7) is 3.97. The minimum Gasteiger partial charge on any atom is -0.335 e. The van der Waals surface area contributed by atoms with Crippen molar-refractivity contribution in [3.63, 3.8) is 0 Å². The summed E-state index contributed by atoms with van der Waals surface area (Å²) >= 11 is 5.02. The van der Waals surface area contributed by atoms with Crippen molar-refractivity contribution in [1.29, 1.82) is 0 Å². The third-order valence-electron chi connectivity index (χ3n) is 4.14. The van der Waals surface area contributed by atoms with E-state index in [0.717, 1.165) is 30.8 Å². The van der Waals surface area contributed by atoms with Gasteiger partial charge in [0, 0.05) is 17.7 Å². The number of aromatic nitrogens is 2. The van der Waals surface area contributed by atoms with E-state index >= 15 is 0 Å².